The second-order valence-electron chi connectivity index (χ2n) is 4.62. The summed E-state index contributed by atoms with van der Waals surface area (Å²) < 4.78 is 0. The number of rotatable bonds is 6. The highest BCUT2D eigenvalue weighted by atomic mass is 32.1. The topological polar surface area (TPSA) is 0 Å². The summed E-state index contributed by atoms with van der Waals surface area (Å²) in [6, 6.07) is 10.7. The van der Waals surface area contributed by atoms with Crippen molar-refractivity contribution in [3.05, 3.63) is 65.6 Å². The lowest BCUT2D eigenvalue weighted by Crippen LogP contribution is -1.79. The van der Waals surface area contributed by atoms with Gasteiger partial charge in [0.2, 0.25) is 0 Å². The van der Waals surface area contributed by atoms with Gasteiger partial charge in [0.15, 0.2) is 0 Å². The minimum Gasteiger partial charge on any atom is -0.135 e. The predicted octanol–water partition coefficient (Wildman–Crippen LogP) is 6.51. The van der Waals surface area contributed by atoms with Gasteiger partial charge in [-0.25, -0.2) is 0 Å². The van der Waals surface area contributed by atoms with Gasteiger partial charge in [-0.05, 0) is 29.2 Å². The number of allylic oxidation sites excluding steroid dienone is 1. The second-order valence-corrected chi connectivity index (χ2v) is 5.70. The standard InChI is InChI=1S/C19H20S/c1-4-7-8-11-16-12-9-10-13-17(16)19-14-15(5-2)18(6-3)20-19/h5-6,8-14H,2-4,7H2,1H3/b11-8+. The molecule has 0 saturated carbocycles. The minimum absolute atomic E-state index is 1.12. The zero-order valence-electron chi connectivity index (χ0n) is 11.9. The summed E-state index contributed by atoms with van der Waals surface area (Å²) in [4.78, 5) is 2.45. The summed E-state index contributed by atoms with van der Waals surface area (Å²) in [5.74, 6) is 0. The molecule has 0 amide bonds. The van der Waals surface area contributed by atoms with Gasteiger partial charge in [0.25, 0.3) is 0 Å². The Balaban J connectivity index is 2.44. The first kappa shape index (κ1) is 14.5. The molecule has 1 aromatic heterocycles. The summed E-state index contributed by atoms with van der Waals surface area (Å²) >= 11 is 1.77. The number of unbranched alkanes of at least 4 members (excludes halogenated alkanes) is 1. The first-order valence-electron chi connectivity index (χ1n) is 6.94. The maximum absolute atomic E-state index is 3.88. The molecule has 0 unspecified atom stereocenters. The second kappa shape index (κ2) is 7.06. The number of benzene rings is 1. The van der Waals surface area contributed by atoms with Crippen molar-refractivity contribution >= 4 is 29.6 Å². The van der Waals surface area contributed by atoms with E-state index in [1.165, 1.54) is 27.3 Å². The third-order valence-electron chi connectivity index (χ3n) is 3.18. The molecule has 2 aromatic rings. The number of hydrogen-bond acceptors (Lipinski definition) is 1. The molecule has 0 saturated heterocycles. The zero-order valence-corrected chi connectivity index (χ0v) is 12.7. The van der Waals surface area contributed by atoms with E-state index in [0.717, 1.165) is 12.0 Å². The van der Waals surface area contributed by atoms with Crippen molar-refractivity contribution in [1.29, 1.82) is 0 Å². The lowest BCUT2D eigenvalue weighted by molar-refractivity contribution is 0.962. The van der Waals surface area contributed by atoms with Crippen LogP contribution in [0.2, 0.25) is 0 Å². The summed E-state index contributed by atoms with van der Waals surface area (Å²) in [6.07, 6.45) is 10.6. The Bertz CT molecular complexity index is 603. The Morgan fingerprint density at radius 2 is 1.90 bits per heavy atom. The maximum Gasteiger partial charge on any atom is 0.0361 e. The Morgan fingerprint density at radius 3 is 2.55 bits per heavy atom. The molecule has 0 radical (unpaired) electrons. The van der Waals surface area contributed by atoms with Crippen LogP contribution in [0.4, 0.5) is 0 Å². The molecular weight excluding hydrogens is 260 g/mol. The van der Waals surface area contributed by atoms with E-state index in [-0.39, 0.29) is 0 Å². The number of hydrogen-bond donors (Lipinski definition) is 0. The highest BCUT2D eigenvalue weighted by Gasteiger charge is 2.08. The van der Waals surface area contributed by atoms with E-state index < -0.39 is 0 Å². The fraction of sp³-hybridized carbons (Fsp3) is 0.158. The van der Waals surface area contributed by atoms with Crippen LogP contribution in [0.15, 0.2) is 49.6 Å². The van der Waals surface area contributed by atoms with Crippen LogP contribution in [0.1, 0.15) is 35.8 Å². The van der Waals surface area contributed by atoms with Crippen LogP contribution in [0.5, 0.6) is 0 Å². The Kier molecular flexibility index (Phi) is 5.14. The molecule has 2 rings (SSSR count). The van der Waals surface area contributed by atoms with Gasteiger partial charge >= 0.3 is 0 Å². The normalized spacial score (nSPS) is 10.8. The molecule has 0 bridgehead atoms. The van der Waals surface area contributed by atoms with Gasteiger partial charge in [-0.1, -0.05) is 75.1 Å². The van der Waals surface area contributed by atoms with Gasteiger partial charge in [0.1, 0.15) is 0 Å². The molecule has 1 heterocycles. The quantitative estimate of drug-likeness (QED) is 0.565. The molecule has 0 spiro atoms. The van der Waals surface area contributed by atoms with Crippen molar-refractivity contribution in [2.24, 2.45) is 0 Å². The molecule has 0 aliphatic carbocycles. The fourth-order valence-electron chi connectivity index (χ4n) is 2.11. The maximum atomic E-state index is 3.88. The molecule has 0 atom stereocenters. The molecule has 1 aromatic carbocycles. The molecule has 1 heteroatoms. The molecular formula is C19H20S. The van der Waals surface area contributed by atoms with Gasteiger partial charge in [-0.2, -0.15) is 0 Å². The first-order valence-corrected chi connectivity index (χ1v) is 7.76. The van der Waals surface area contributed by atoms with Crippen LogP contribution in [0.25, 0.3) is 28.7 Å². The lowest BCUT2D eigenvalue weighted by atomic mass is 10.0. The fourth-order valence-corrected chi connectivity index (χ4v) is 3.18. The van der Waals surface area contributed by atoms with E-state index in [9.17, 15) is 0 Å². The van der Waals surface area contributed by atoms with Crippen molar-refractivity contribution in [1.82, 2.24) is 0 Å². The van der Waals surface area contributed by atoms with Crippen LogP contribution in [-0.2, 0) is 0 Å². The summed E-state index contributed by atoms with van der Waals surface area (Å²) in [5, 5.41) is 0. The van der Waals surface area contributed by atoms with E-state index in [4.69, 9.17) is 0 Å². The number of thiophene rings is 1. The third-order valence-corrected chi connectivity index (χ3v) is 4.36. The van der Waals surface area contributed by atoms with Crippen molar-refractivity contribution in [3.63, 3.8) is 0 Å². The predicted molar refractivity (Wildman–Crippen MR) is 93.9 cm³/mol. The van der Waals surface area contributed by atoms with Crippen molar-refractivity contribution < 1.29 is 0 Å². The van der Waals surface area contributed by atoms with Gasteiger partial charge < -0.3 is 0 Å². The van der Waals surface area contributed by atoms with E-state index in [1.807, 2.05) is 12.2 Å². The van der Waals surface area contributed by atoms with E-state index in [1.54, 1.807) is 11.3 Å². The van der Waals surface area contributed by atoms with Crippen molar-refractivity contribution in [2.75, 3.05) is 0 Å². The van der Waals surface area contributed by atoms with E-state index in [0.29, 0.717) is 0 Å². The molecule has 0 N–H and O–H groups in total. The summed E-state index contributed by atoms with van der Waals surface area (Å²) in [5.41, 5.74) is 3.71. The molecule has 20 heavy (non-hydrogen) atoms. The van der Waals surface area contributed by atoms with E-state index >= 15 is 0 Å². The van der Waals surface area contributed by atoms with Gasteiger partial charge in [-0.15, -0.1) is 11.3 Å². The third kappa shape index (κ3) is 3.17. The van der Waals surface area contributed by atoms with Gasteiger partial charge in [0.05, 0.1) is 0 Å². The van der Waals surface area contributed by atoms with Crippen molar-refractivity contribution in [2.45, 2.75) is 19.8 Å². The minimum atomic E-state index is 1.12. The highest BCUT2D eigenvalue weighted by Crippen LogP contribution is 2.35. The van der Waals surface area contributed by atoms with E-state index in [2.05, 4.69) is 62.6 Å². The van der Waals surface area contributed by atoms with Gasteiger partial charge in [-0.3, -0.25) is 0 Å². The smallest absolute Gasteiger partial charge is 0.0361 e. The zero-order chi connectivity index (χ0) is 14.4. The Morgan fingerprint density at radius 1 is 1.10 bits per heavy atom. The average molecular weight is 280 g/mol. The lowest BCUT2D eigenvalue weighted by Gasteiger charge is -2.03. The van der Waals surface area contributed by atoms with Crippen LogP contribution < -0.4 is 0 Å². The molecule has 0 fully saturated rings. The molecule has 102 valence electrons. The van der Waals surface area contributed by atoms with Crippen LogP contribution in [0, 0.1) is 0 Å². The van der Waals surface area contributed by atoms with Crippen molar-refractivity contribution in [3.8, 4) is 10.4 Å². The Hall–Kier alpha value is -1.86. The Labute approximate surface area is 125 Å². The molecule has 0 aliphatic rings. The first-order chi connectivity index (χ1) is 9.80. The molecule has 0 nitrogen and oxygen atoms in total. The summed E-state index contributed by atoms with van der Waals surface area (Å²) in [7, 11) is 0. The molecule has 0 aliphatic heterocycles. The van der Waals surface area contributed by atoms with Crippen LogP contribution in [-0.4, -0.2) is 0 Å². The van der Waals surface area contributed by atoms with Crippen LogP contribution >= 0.6 is 11.3 Å². The SMILES string of the molecule is C=Cc1cc(-c2ccccc2/C=C/CCC)sc1C=C. The van der Waals surface area contributed by atoms with Gasteiger partial charge in [0, 0.05) is 9.75 Å². The summed E-state index contributed by atoms with van der Waals surface area (Å²) in [6.45, 7) is 9.95. The van der Waals surface area contributed by atoms with Crippen LogP contribution in [0.3, 0.4) is 0 Å². The average Bonchev–Trinajstić information content (AvgIpc) is 2.91. The largest absolute Gasteiger partial charge is 0.135 e. The highest BCUT2D eigenvalue weighted by molar-refractivity contribution is 7.16. The monoisotopic (exact) mass is 280 g/mol.